The lowest BCUT2D eigenvalue weighted by molar-refractivity contribution is 0.223. The molecule has 6 heteroatoms. The van der Waals surface area contributed by atoms with Crippen LogP contribution in [0.25, 0.3) is 0 Å². The number of hydrogen-bond acceptors (Lipinski definition) is 2. The molecule has 1 aromatic rings. The van der Waals surface area contributed by atoms with Gasteiger partial charge in [-0.15, -0.1) is 0 Å². The predicted molar refractivity (Wildman–Crippen MR) is 56.4 cm³/mol. The Morgan fingerprint density at radius 1 is 1.00 bits per heavy atom. The van der Waals surface area contributed by atoms with Gasteiger partial charge in [0.1, 0.15) is 17.5 Å². The molecule has 0 bridgehead atoms. The van der Waals surface area contributed by atoms with Gasteiger partial charge in [0.05, 0.1) is 5.19 Å². The van der Waals surface area contributed by atoms with Gasteiger partial charge in [0, 0.05) is 25.3 Å². The van der Waals surface area contributed by atoms with Gasteiger partial charge in [-0.05, 0) is 13.8 Å². The van der Waals surface area contributed by atoms with Crippen LogP contribution in [0.2, 0.25) is 0 Å². The third-order valence-electron chi connectivity index (χ3n) is 1.92. The summed E-state index contributed by atoms with van der Waals surface area (Å²) < 4.78 is 49.9. The third kappa shape index (κ3) is 3.07. The molecule has 0 fully saturated rings. The van der Waals surface area contributed by atoms with Crippen LogP contribution in [0, 0.1) is 17.5 Å². The Bertz CT molecular complexity index is 331. The lowest BCUT2D eigenvalue weighted by Gasteiger charge is -2.16. The van der Waals surface area contributed by atoms with Crippen LogP contribution in [0.1, 0.15) is 13.8 Å². The molecule has 1 rings (SSSR count). The zero-order valence-corrected chi connectivity index (χ0v) is 10.3. The van der Waals surface area contributed by atoms with E-state index in [1.54, 1.807) is 13.8 Å². The maximum Gasteiger partial charge on any atom is 0.361 e. The van der Waals surface area contributed by atoms with Crippen molar-refractivity contribution in [2.24, 2.45) is 0 Å². The van der Waals surface area contributed by atoms with Crippen LogP contribution in [-0.2, 0) is 8.85 Å². The standard InChI is InChI=1S/C10H13F3O2Si/c1-3-14-16(15-4-2)10-8(12)5-7(11)6-9(10)13/h5-6,16H,3-4H2,1-2H3. The molecule has 0 amide bonds. The molecule has 16 heavy (non-hydrogen) atoms. The third-order valence-corrected chi connectivity index (χ3v) is 4.21. The molecule has 1 aromatic carbocycles. The number of hydrogen-bond donors (Lipinski definition) is 0. The van der Waals surface area contributed by atoms with Crippen LogP contribution in [0.3, 0.4) is 0 Å². The number of rotatable bonds is 5. The first-order chi connectivity index (χ1) is 7.60. The maximum absolute atomic E-state index is 13.4. The molecule has 0 aliphatic heterocycles. The average Bonchev–Trinajstić information content (AvgIpc) is 2.16. The van der Waals surface area contributed by atoms with Gasteiger partial charge in [0.15, 0.2) is 0 Å². The summed E-state index contributed by atoms with van der Waals surface area (Å²) in [6, 6.07) is 1.27. The van der Waals surface area contributed by atoms with Crippen molar-refractivity contribution in [2.45, 2.75) is 13.8 Å². The van der Waals surface area contributed by atoms with Crippen molar-refractivity contribution in [1.82, 2.24) is 0 Å². The SMILES string of the molecule is CCO[SiH](OCC)c1c(F)cc(F)cc1F. The first-order valence-electron chi connectivity index (χ1n) is 4.97. The second kappa shape index (κ2) is 6.02. The molecule has 0 aromatic heterocycles. The van der Waals surface area contributed by atoms with Crippen molar-refractivity contribution in [1.29, 1.82) is 0 Å². The Balaban J connectivity index is 3.07. The minimum atomic E-state index is -2.61. The zero-order chi connectivity index (χ0) is 12.1. The predicted octanol–water partition coefficient (Wildman–Crippen LogP) is 1.60. The van der Waals surface area contributed by atoms with Crippen LogP contribution in [-0.4, -0.2) is 22.5 Å². The van der Waals surface area contributed by atoms with Crippen LogP contribution >= 0.6 is 0 Å². The second-order valence-corrected chi connectivity index (χ2v) is 4.93. The molecule has 0 saturated heterocycles. The lowest BCUT2D eigenvalue weighted by atomic mass is 10.3. The van der Waals surface area contributed by atoms with Crippen molar-refractivity contribution < 1.29 is 22.0 Å². The molecule has 0 unspecified atom stereocenters. The summed E-state index contributed by atoms with van der Waals surface area (Å²) in [6.45, 7) is 4.01. The highest BCUT2D eigenvalue weighted by molar-refractivity contribution is 6.61. The van der Waals surface area contributed by atoms with Crippen molar-refractivity contribution in [3.05, 3.63) is 29.6 Å². The van der Waals surface area contributed by atoms with Crippen LogP contribution in [0.5, 0.6) is 0 Å². The van der Waals surface area contributed by atoms with E-state index in [1.807, 2.05) is 0 Å². The molecule has 2 nitrogen and oxygen atoms in total. The molecule has 0 radical (unpaired) electrons. The lowest BCUT2D eigenvalue weighted by Crippen LogP contribution is -2.41. The molecule has 0 aliphatic carbocycles. The zero-order valence-electron chi connectivity index (χ0n) is 9.10. The van der Waals surface area contributed by atoms with E-state index in [4.69, 9.17) is 8.85 Å². The van der Waals surface area contributed by atoms with Gasteiger partial charge in [-0.3, -0.25) is 0 Å². The average molecular weight is 250 g/mol. The van der Waals surface area contributed by atoms with Crippen molar-refractivity contribution in [3.8, 4) is 0 Å². The van der Waals surface area contributed by atoms with E-state index in [0.717, 1.165) is 0 Å². The Hall–Kier alpha value is -0.853. The van der Waals surface area contributed by atoms with E-state index in [2.05, 4.69) is 0 Å². The van der Waals surface area contributed by atoms with Crippen LogP contribution < -0.4 is 5.19 Å². The monoisotopic (exact) mass is 250 g/mol. The van der Waals surface area contributed by atoms with Crippen molar-refractivity contribution in [3.63, 3.8) is 0 Å². The largest absolute Gasteiger partial charge is 0.393 e. The summed E-state index contributed by atoms with van der Waals surface area (Å²) >= 11 is 0. The summed E-state index contributed by atoms with van der Waals surface area (Å²) in [7, 11) is -2.61. The summed E-state index contributed by atoms with van der Waals surface area (Å²) in [4.78, 5) is 0. The van der Waals surface area contributed by atoms with Gasteiger partial charge in [0.25, 0.3) is 0 Å². The summed E-state index contributed by atoms with van der Waals surface area (Å²) in [5.74, 6) is -2.84. The van der Waals surface area contributed by atoms with E-state index in [-0.39, 0.29) is 5.19 Å². The normalized spacial score (nSPS) is 11.1. The number of benzene rings is 1. The molecule has 0 N–H and O–H groups in total. The van der Waals surface area contributed by atoms with Gasteiger partial charge in [0.2, 0.25) is 0 Å². The number of halogens is 3. The highest BCUT2D eigenvalue weighted by Crippen LogP contribution is 2.07. The van der Waals surface area contributed by atoms with Crippen molar-refractivity contribution in [2.75, 3.05) is 13.2 Å². The Morgan fingerprint density at radius 2 is 1.44 bits per heavy atom. The first-order valence-corrected chi connectivity index (χ1v) is 6.49. The molecule has 0 saturated carbocycles. The van der Waals surface area contributed by atoms with Gasteiger partial charge in [-0.1, -0.05) is 0 Å². The molecule has 0 aliphatic rings. The van der Waals surface area contributed by atoms with Gasteiger partial charge < -0.3 is 8.85 Å². The molecule has 90 valence electrons. The first kappa shape index (κ1) is 13.2. The maximum atomic E-state index is 13.4. The fraction of sp³-hybridized carbons (Fsp3) is 0.400. The van der Waals surface area contributed by atoms with E-state index in [9.17, 15) is 13.2 Å². The molecule has 0 heterocycles. The minimum absolute atomic E-state index is 0.259. The quantitative estimate of drug-likeness (QED) is 0.739. The summed E-state index contributed by atoms with van der Waals surface area (Å²) in [6.07, 6.45) is 0. The van der Waals surface area contributed by atoms with E-state index in [1.165, 1.54) is 0 Å². The fourth-order valence-corrected chi connectivity index (χ4v) is 2.95. The Morgan fingerprint density at radius 3 is 1.81 bits per heavy atom. The van der Waals surface area contributed by atoms with E-state index in [0.29, 0.717) is 25.3 Å². The second-order valence-electron chi connectivity index (χ2n) is 3.03. The van der Waals surface area contributed by atoms with E-state index >= 15 is 0 Å². The van der Waals surface area contributed by atoms with Gasteiger partial charge in [-0.25, -0.2) is 13.2 Å². The molecule has 0 atom stereocenters. The fourth-order valence-electron chi connectivity index (χ4n) is 1.30. The summed E-state index contributed by atoms with van der Waals surface area (Å²) in [5.41, 5.74) is 0. The van der Waals surface area contributed by atoms with Gasteiger partial charge in [-0.2, -0.15) is 0 Å². The molecular formula is C10H13F3O2Si. The summed E-state index contributed by atoms with van der Waals surface area (Å²) in [5, 5.41) is -0.259. The van der Waals surface area contributed by atoms with Gasteiger partial charge >= 0.3 is 9.28 Å². The van der Waals surface area contributed by atoms with Crippen molar-refractivity contribution >= 4 is 14.5 Å². The Labute approximate surface area is 93.8 Å². The molecular weight excluding hydrogens is 237 g/mol. The smallest absolute Gasteiger partial charge is 0.361 e. The minimum Gasteiger partial charge on any atom is -0.393 e. The van der Waals surface area contributed by atoms with Crippen LogP contribution in [0.15, 0.2) is 12.1 Å². The Kier molecular flexibility index (Phi) is 4.97. The van der Waals surface area contributed by atoms with Crippen LogP contribution in [0.4, 0.5) is 13.2 Å². The highest BCUT2D eigenvalue weighted by Gasteiger charge is 2.25. The van der Waals surface area contributed by atoms with E-state index < -0.39 is 26.7 Å². The topological polar surface area (TPSA) is 18.5 Å². The molecule has 0 spiro atoms. The highest BCUT2D eigenvalue weighted by atomic mass is 28.3.